The van der Waals surface area contributed by atoms with Crippen LogP contribution in [0.3, 0.4) is 0 Å². The number of nitrogen functional groups attached to an aromatic ring is 1. The molecule has 0 aromatic heterocycles. The fourth-order valence-electron chi connectivity index (χ4n) is 2.44. The molecule has 0 saturated heterocycles. The number of azo groups is 1. The third-order valence-corrected chi connectivity index (χ3v) is 4.77. The summed E-state index contributed by atoms with van der Waals surface area (Å²) in [6.45, 7) is 10.2. The van der Waals surface area contributed by atoms with Crippen molar-refractivity contribution in [2.75, 3.05) is 44.6 Å². The number of nitrogens with one attached hydrogen (secondary N) is 1. The van der Waals surface area contributed by atoms with E-state index in [4.69, 9.17) is 24.7 Å². The molecule has 224 valence electrons. The third-order valence-electron chi connectivity index (χ3n) is 3.89. The first-order valence-corrected chi connectivity index (χ1v) is 13.5. The molecule has 14 nitrogen and oxygen atoms in total. The van der Waals surface area contributed by atoms with E-state index in [1.165, 1.54) is 38.3 Å². The number of hydrogen-bond donors (Lipinski definition) is 3. The molecule has 0 heterocycles. The Kier molecular flexibility index (Phi) is 21.8. The van der Waals surface area contributed by atoms with Crippen molar-refractivity contribution in [2.24, 2.45) is 10.2 Å². The van der Waals surface area contributed by atoms with Gasteiger partial charge < -0.3 is 34.8 Å². The Balaban J connectivity index is 0. The number of ether oxygens (including phenoxy) is 4. The summed E-state index contributed by atoms with van der Waals surface area (Å²) < 4.78 is 53.6. The van der Waals surface area contributed by atoms with Gasteiger partial charge in [0.1, 0.15) is 53.9 Å². The van der Waals surface area contributed by atoms with Crippen LogP contribution in [0.2, 0.25) is 0 Å². The van der Waals surface area contributed by atoms with Crippen LogP contribution in [0, 0.1) is 0 Å². The number of methoxy groups -OCH3 is 1. The molecule has 0 aliphatic rings. The second kappa shape index (κ2) is 22.9. The molecule has 0 atom stereocenters. The second-order valence-electron chi connectivity index (χ2n) is 6.37. The molecular formula is C25H38N4O10S. The number of carbonyl (C=O) groups excluding carboxylic acids is 3. The summed E-state index contributed by atoms with van der Waals surface area (Å²) >= 11 is 0. The van der Waals surface area contributed by atoms with Crippen molar-refractivity contribution in [3.05, 3.63) is 30.3 Å². The van der Waals surface area contributed by atoms with Crippen molar-refractivity contribution in [2.45, 2.75) is 39.5 Å². The average Bonchev–Trinajstić information content (AvgIpc) is 2.94. The molecule has 1 amide bonds. The van der Waals surface area contributed by atoms with E-state index >= 15 is 0 Å². The Morgan fingerprint density at radius 2 is 1.48 bits per heavy atom. The van der Waals surface area contributed by atoms with Gasteiger partial charge in [0.25, 0.3) is 16.6 Å². The lowest BCUT2D eigenvalue weighted by molar-refractivity contribution is -0.129. The molecule has 0 aliphatic heterocycles. The highest BCUT2D eigenvalue weighted by molar-refractivity contribution is 7.86. The van der Waals surface area contributed by atoms with Gasteiger partial charge in [-0.3, -0.25) is 14.1 Å². The number of amides is 1. The predicted molar refractivity (Wildman–Crippen MR) is 150 cm³/mol. The van der Waals surface area contributed by atoms with E-state index in [1.807, 2.05) is 27.7 Å². The van der Waals surface area contributed by atoms with Gasteiger partial charge in [-0.1, -0.05) is 27.7 Å². The maximum absolute atomic E-state index is 11.8. The summed E-state index contributed by atoms with van der Waals surface area (Å²) in [7, 11) is -3.19. The first-order valence-electron chi connectivity index (χ1n) is 12.1. The van der Waals surface area contributed by atoms with Gasteiger partial charge in [0, 0.05) is 24.9 Å². The molecule has 2 rings (SSSR count). The molecule has 4 N–H and O–H groups in total. The van der Waals surface area contributed by atoms with Crippen molar-refractivity contribution in [1.29, 1.82) is 0 Å². The Bertz CT molecular complexity index is 1160. The minimum atomic E-state index is -4.68. The SMILES string of the molecule is CC.CC.CC=O.COCCOc1cc(N)c(OCCOC=O)cc1N=Nc1ccc(NC=O)cc1S(=O)(=O)O. The van der Waals surface area contributed by atoms with Crippen LogP contribution in [0.5, 0.6) is 11.5 Å². The fourth-order valence-corrected chi connectivity index (χ4v) is 3.08. The lowest BCUT2D eigenvalue weighted by Crippen LogP contribution is -2.08. The number of nitrogens with zero attached hydrogens (tertiary/aromatic N) is 2. The maximum atomic E-state index is 11.8. The lowest BCUT2D eigenvalue weighted by Gasteiger charge is -2.13. The van der Waals surface area contributed by atoms with E-state index in [0.717, 1.165) is 12.4 Å². The predicted octanol–water partition coefficient (Wildman–Crippen LogP) is 4.33. The van der Waals surface area contributed by atoms with Gasteiger partial charge in [-0.15, -0.1) is 10.2 Å². The van der Waals surface area contributed by atoms with Crippen LogP contribution in [-0.2, 0) is 34.0 Å². The van der Waals surface area contributed by atoms with Crippen molar-refractivity contribution >= 4 is 52.0 Å². The number of anilines is 2. The van der Waals surface area contributed by atoms with Crippen LogP contribution in [0.4, 0.5) is 22.7 Å². The summed E-state index contributed by atoms with van der Waals surface area (Å²) in [5.41, 5.74) is 6.24. The molecule has 2 aromatic carbocycles. The molecule has 0 saturated carbocycles. The quantitative estimate of drug-likeness (QED) is 0.0933. The van der Waals surface area contributed by atoms with E-state index in [2.05, 4.69) is 20.3 Å². The molecule has 0 spiro atoms. The van der Waals surface area contributed by atoms with Gasteiger partial charge in [0.15, 0.2) is 0 Å². The summed E-state index contributed by atoms with van der Waals surface area (Å²) in [5.74, 6) is 0.399. The monoisotopic (exact) mass is 586 g/mol. The van der Waals surface area contributed by atoms with Crippen molar-refractivity contribution in [3.8, 4) is 11.5 Å². The van der Waals surface area contributed by atoms with Crippen LogP contribution in [0.15, 0.2) is 45.5 Å². The van der Waals surface area contributed by atoms with Crippen LogP contribution in [-0.4, -0.2) is 65.7 Å². The van der Waals surface area contributed by atoms with Crippen molar-refractivity contribution < 1.29 is 46.3 Å². The van der Waals surface area contributed by atoms with E-state index in [9.17, 15) is 22.6 Å². The van der Waals surface area contributed by atoms with Crippen LogP contribution in [0.25, 0.3) is 0 Å². The number of hydrogen-bond acceptors (Lipinski definition) is 12. The zero-order valence-corrected chi connectivity index (χ0v) is 24.3. The molecule has 0 radical (unpaired) electrons. The average molecular weight is 587 g/mol. The fraction of sp³-hybridized carbons (Fsp3) is 0.400. The standard InChI is InChI=1S/C19H22N4O9S.C2H4O.2C2H6/c1-29-4-6-32-18-9-14(20)17(31-7-5-30-12-25)10-16(18)23-22-15-3-2-13(21-11-24)8-19(15)33(26,27)28;1-2-3;2*1-2/h2-3,8-12H,4-7,20H2,1H3,(H,21,24)(H,26,27,28);2H,1H3;2*1-2H3. The lowest BCUT2D eigenvalue weighted by atomic mass is 10.2. The van der Waals surface area contributed by atoms with Gasteiger partial charge in [-0.2, -0.15) is 8.42 Å². The van der Waals surface area contributed by atoms with E-state index < -0.39 is 15.0 Å². The van der Waals surface area contributed by atoms with Crippen LogP contribution < -0.4 is 20.5 Å². The Labute approximate surface area is 234 Å². The van der Waals surface area contributed by atoms with Crippen molar-refractivity contribution in [3.63, 3.8) is 0 Å². The first-order chi connectivity index (χ1) is 19.2. The minimum Gasteiger partial charge on any atom is -0.489 e. The van der Waals surface area contributed by atoms with Gasteiger partial charge in [0.05, 0.1) is 12.3 Å². The van der Waals surface area contributed by atoms with E-state index in [0.29, 0.717) is 6.41 Å². The third kappa shape index (κ3) is 14.8. The smallest absolute Gasteiger partial charge is 0.296 e. The number of benzene rings is 2. The van der Waals surface area contributed by atoms with Crippen LogP contribution >= 0.6 is 0 Å². The van der Waals surface area contributed by atoms with Gasteiger partial charge in [-0.25, -0.2) is 0 Å². The van der Waals surface area contributed by atoms with E-state index in [1.54, 1.807) is 0 Å². The Morgan fingerprint density at radius 3 is 2.02 bits per heavy atom. The highest BCUT2D eigenvalue weighted by Crippen LogP contribution is 2.38. The maximum Gasteiger partial charge on any atom is 0.296 e. The van der Waals surface area contributed by atoms with Gasteiger partial charge in [0.2, 0.25) is 6.41 Å². The minimum absolute atomic E-state index is 0.00915. The van der Waals surface area contributed by atoms with Crippen LogP contribution in [0.1, 0.15) is 34.6 Å². The second-order valence-corrected chi connectivity index (χ2v) is 7.76. The largest absolute Gasteiger partial charge is 0.489 e. The molecule has 40 heavy (non-hydrogen) atoms. The first kappa shape index (κ1) is 38.1. The zero-order valence-electron chi connectivity index (χ0n) is 23.4. The number of aldehydes is 1. The summed E-state index contributed by atoms with van der Waals surface area (Å²) in [4.78, 5) is 29.1. The van der Waals surface area contributed by atoms with Gasteiger partial charge >= 0.3 is 0 Å². The topological polar surface area (TPSA) is 205 Å². The molecule has 0 fully saturated rings. The molecule has 15 heteroatoms. The molecule has 0 aliphatic carbocycles. The molecule has 0 unspecified atom stereocenters. The Morgan fingerprint density at radius 1 is 0.900 bits per heavy atom. The van der Waals surface area contributed by atoms with Gasteiger partial charge in [-0.05, 0) is 25.1 Å². The highest BCUT2D eigenvalue weighted by atomic mass is 32.2. The summed E-state index contributed by atoms with van der Waals surface area (Å²) in [6, 6.07) is 6.48. The summed E-state index contributed by atoms with van der Waals surface area (Å²) in [6.07, 6.45) is 1.10. The Hall–Kier alpha value is -4.08. The molecular weight excluding hydrogens is 548 g/mol. The zero-order chi connectivity index (χ0) is 31.0. The van der Waals surface area contributed by atoms with E-state index in [-0.39, 0.29) is 67.1 Å². The number of carbonyl (C=O) groups is 3. The van der Waals surface area contributed by atoms with Crippen molar-refractivity contribution in [1.82, 2.24) is 0 Å². The summed E-state index contributed by atoms with van der Waals surface area (Å²) in [5, 5.41) is 10.2. The molecule has 2 aromatic rings. The normalized spacial score (nSPS) is 9.88. The molecule has 0 bridgehead atoms. The number of nitrogens with two attached hydrogens (primary N) is 1. The highest BCUT2D eigenvalue weighted by Gasteiger charge is 2.17. The number of rotatable bonds is 14.